The van der Waals surface area contributed by atoms with Crippen molar-refractivity contribution in [3.8, 4) is 0 Å². The number of aromatic amines is 2. The zero-order valence-corrected chi connectivity index (χ0v) is 33.0. The zero-order valence-electron chi connectivity index (χ0n) is 30.7. The molecular formula is C42H56N6Pt. The summed E-state index contributed by atoms with van der Waals surface area (Å²) in [6.07, 6.45) is 11.7. The third kappa shape index (κ3) is 7.34. The number of fused-ring (bicyclic) bond motifs is 8. The number of allylic oxidation sites excluding steroid dienone is 4. The van der Waals surface area contributed by atoms with Crippen LogP contribution in [0.2, 0.25) is 0 Å². The number of aromatic nitrogens is 4. The summed E-state index contributed by atoms with van der Waals surface area (Å²) in [5.41, 5.74) is 19.9. The maximum absolute atomic E-state index is 5.41. The Morgan fingerprint density at radius 1 is 0.551 bits per heavy atom. The van der Waals surface area contributed by atoms with Gasteiger partial charge in [-0.2, -0.15) is 0 Å². The Balaban J connectivity index is 0.00000417. The van der Waals surface area contributed by atoms with Crippen LogP contribution in [0.4, 0.5) is 0 Å². The minimum Gasteiger partial charge on any atom is -0.355 e. The van der Waals surface area contributed by atoms with Crippen molar-refractivity contribution in [2.45, 2.75) is 106 Å². The largest absolute Gasteiger partial charge is 0.355 e. The summed E-state index contributed by atoms with van der Waals surface area (Å²) in [5.74, 6) is 0. The van der Waals surface area contributed by atoms with Gasteiger partial charge in [-0.1, -0.05) is 13.8 Å². The van der Waals surface area contributed by atoms with Crippen LogP contribution in [-0.2, 0) is 33.9 Å². The molecule has 7 heteroatoms. The Morgan fingerprint density at radius 3 is 1.41 bits per heavy atom. The molecule has 2 fully saturated rings. The molecule has 0 amide bonds. The quantitative estimate of drug-likeness (QED) is 0.214. The number of hydrogen-bond donors (Lipinski definition) is 2. The summed E-state index contributed by atoms with van der Waals surface area (Å²) in [7, 11) is 0. The third-order valence-corrected chi connectivity index (χ3v) is 11.7. The summed E-state index contributed by atoms with van der Waals surface area (Å²) in [5, 5.41) is 0. The van der Waals surface area contributed by atoms with Crippen LogP contribution in [-0.4, -0.2) is 69.0 Å². The Kier molecular flexibility index (Phi) is 11.5. The maximum Gasteiger partial charge on any atom is 0.0694 e. The van der Waals surface area contributed by atoms with Gasteiger partial charge in [0.1, 0.15) is 0 Å². The Bertz CT molecular complexity index is 1910. The molecule has 0 aromatic carbocycles. The van der Waals surface area contributed by atoms with Crippen molar-refractivity contribution in [3.63, 3.8) is 0 Å². The van der Waals surface area contributed by atoms with Crippen molar-refractivity contribution in [2.24, 2.45) is 0 Å². The molecule has 2 saturated heterocycles. The fraction of sp³-hybridized carbons (Fsp3) is 0.524. The monoisotopic (exact) mass is 839 g/mol. The summed E-state index contributed by atoms with van der Waals surface area (Å²) in [4.78, 5) is 23.7. The second kappa shape index (κ2) is 15.6. The minimum absolute atomic E-state index is 0. The number of likely N-dealkylation sites (tertiary alicyclic amines) is 2. The van der Waals surface area contributed by atoms with E-state index in [1.165, 1.54) is 132 Å². The van der Waals surface area contributed by atoms with Crippen LogP contribution in [0.15, 0.2) is 24.3 Å². The van der Waals surface area contributed by atoms with Gasteiger partial charge in [-0.3, -0.25) is 0 Å². The molecule has 0 radical (unpaired) electrons. The zero-order chi connectivity index (χ0) is 33.4. The SMILES string of the molecule is CCc1c(C)c2cc3[nH]c(cc4nc(cc5nc(cc1[nH]2)C(C)=C5CCCN1CCCC1)C(CCCN1CCCC1)=C4C)c(C)c3CC.[Pt]. The van der Waals surface area contributed by atoms with E-state index in [1.54, 1.807) is 0 Å². The van der Waals surface area contributed by atoms with Gasteiger partial charge < -0.3 is 19.8 Å². The first-order chi connectivity index (χ1) is 23.3. The Labute approximate surface area is 308 Å². The molecule has 0 atom stereocenters. The number of nitrogens with zero attached hydrogens (tertiary/aromatic N) is 4. The Hall–Kier alpha value is -2.79. The van der Waals surface area contributed by atoms with Crippen LogP contribution < -0.4 is 0 Å². The van der Waals surface area contributed by atoms with E-state index in [0.29, 0.717) is 0 Å². The molecule has 4 aliphatic heterocycles. The van der Waals surface area contributed by atoms with Gasteiger partial charge in [-0.05, 0) is 200 Å². The summed E-state index contributed by atoms with van der Waals surface area (Å²) in [6.45, 7) is 21.0. The van der Waals surface area contributed by atoms with Crippen LogP contribution in [0.3, 0.4) is 0 Å². The molecule has 7 heterocycles. The molecule has 8 bridgehead atoms. The molecule has 6 nitrogen and oxygen atoms in total. The predicted molar refractivity (Wildman–Crippen MR) is 204 cm³/mol. The van der Waals surface area contributed by atoms with E-state index in [1.807, 2.05) is 0 Å². The van der Waals surface area contributed by atoms with Gasteiger partial charge in [0.2, 0.25) is 0 Å². The van der Waals surface area contributed by atoms with Gasteiger partial charge in [-0.25, -0.2) is 9.97 Å². The molecule has 264 valence electrons. The Morgan fingerprint density at radius 2 is 0.959 bits per heavy atom. The van der Waals surface area contributed by atoms with Crippen molar-refractivity contribution in [2.75, 3.05) is 39.3 Å². The normalized spacial score (nSPS) is 17.1. The molecule has 4 aliphatic rings. The van der Waals surface area contributed by atoms with Crippen molar-refractivity contribution in [1.82, 2.24) is 29.7 Å². The number of rotatable bonds is 10. The predicted octanol–water partition coefficient (Wildman–Crippen LogP) is 9.67. The van der Waals surface area contributed by atoms with Crippen LogP contribution in [0.1, 0.15) is 124 Å². The van der Waals surface area contributed by atoms with E-state index in [4.69, 9.17) is 9.97 Å². The molecule has 49 heavy (non-hydrogen) atoms. The van der Waals surface area contributed by atoms with Crippen LogP contribution in [0.5, 0.6) is 0 Å². The summed E-state index contributed by atoms with van der Waals surface area (Å²) < 4.78 is 0. The topological polar surface area (TPSA) is 63.8 Å². The van der Waals surface area contributed by atoms with Crippen LogP contribution in [0.25, 0.3) is 44.4 Å². The summed E-state index contributed by atoms with van der Waals surface area (Å²) in [6, 6.07) is 9.28. The third-order valence-electron chi connectivity index (χ3n) is 11.7. The standard InChI is InChI=1S/C42H56N6.Pt/c1-7-31-27(3)35-23-36-29(5)33(15-13-21-47-17-9-10-18-47)41(45-36)26-42-34(16-14-22-48-19-11-12-20-48)30(6)38(46-42)25-40-32(8-2)28(4)37(44-40)24-39(31)43-35;/h23-26,43-44H,7-22H2,1-6H3;. The first-order valence-corrected chi connectivity index (χ1v) is 18.9. The smallest absolute Gasteiger partial charge is 0.0694 e. The fourth-order valence-electron chi connectivity index (χ4n) is 8.73. The van der Waals surface area contributed by atoms with E-state index >= 15 is 0 Å². The van der Waals surface area contributed by atoms with Crippen LogP contribution in [0, 0.1) is 13.8 Å². The molecule has 7 rings (SSSR count). The first-order valence-electron chi connectivity index (χ1n) is 18.9. The first kappa shape index (κ1) is 36.0. The molecule has 0 spiro atoms. The molecular weight excluding hydrogens is 784 g/mol. The van der Waals surface area contributed by atoms with E-state index < -0.39 is 0 Å². The van der Waals surface area contributed by atoms with E-state index in [9.17, 15) is 0 Å². The van der Waals surface area contributed by atoms with E-state index in [0.717, 1.165) is 61.3 Å². The van der Waals surface area contributed by atoms with Gasteiger partial charge >= 0.3 is 0 Å². The van der Waals surface area contributed by atoms with Gasteiger partial charge in [0.15, 0.2) is 0 Å². The number of hydrogen-bond acceptors (Lipinski definition) is 4. The van der Waals surface area contributed by atoms with E-state index in [-0.39, 0.29) is 21.1 Å². The number of aryl methyl sites for hydroxylation is 4. The molecule has 0 aliphatic carbocycles. The van der Waals surface area contributed by atoms with Crippen molar-refractivity contribution >= 4 is 44.4 Å². The van der Waals surface area contributed by atoms with Crippen LogP contribution >= 0.6 is 0 Å². The van der Waals surface area contributed by atoms with Gasteiger partial charge in [0, 0.05) is 43.1 Å². The van der Waals surface area contributed by atoms with Crippen molar-refractivity contribution in [3.05, 3.63) is 69.3 Å². The minimum atomic E-state index is 0. The second-order valence-corrected chi connectivity index (χ2v) is 14.7. The van der Waals surface area contributed by atoms with Gasteiger partial charge in [0.05, 0.1) is 22.8 Å². The number of nitrogens with one attached hydrogen (secondary N) is 2. The summed E-state index contributed by atoms with van der Waals surface area (Å²) >= 11 is 0. The fourth-order valence-corrected chi connectivity index (χ4v) is 8.73. The maximum atomic E-state index is 5.41. The van der Waals surface area contributed by atoms with E-state index in [2.05, 4.69) is 85.6 Å². The second-order valence-electron chi connectivity index (χ2n) is 14.7. The molecule has 0 unspecified atom stereocenters. The molecule has 3 aromatic heterocycles. The average molecular weight is 840 g/mol. The molecule has 0 saturated carbocycles. The average Bonchev–Trinajstić information content (AvgIpc) is 3.93. The number of H-pyrrole nitrogens is 2. The molecule has 2 N–H and O–H groups in total. The van der Waals surface area contributed by atoms with Crippen molar-refractivity contribution < 1.29 is 21.1 Å². The van der Waals surface area contributed by atoms with Crippen molar-refractivity contribution in [1.29, 1.82) is 0 Å². The van der Waals surface area contributed by atoms with Gasteiger partial charge in [0.25, 0.3) is 0 Å². The van der Waals surface area contributed by atoms with Gasteiger partial charge in [-0.15, -0.1) is 0 Å². The molecule has 3 aromatic rings.